The number of hydrogen-bond acceptors (Lipinski definition) is 7. The number of aryl methyl sites for hydroxylation is 1. The molecule has 1 aliphatic heterocycles. The topological polar surface area (TPSA) is 104 Å². The minimum absolute atomic E-state index is 0.162. The summed E-state index contributed by atoms with van der Waals surface area (Å²) in [5.74, 6) is 0.458. The van der Waals surface area contributed by atoms with Gasteiger partial charge in [0.05, 0.1) is 18.8 Å². The van der Waals surface area contributed by atoms with E-state index in [-0.39, 0.29) is 18.1 Å². The van der Waals surface area contributed by atoms with Crippen molar-refractivity contribution < 1.29 is 14.3 Å². The van der Waals surface area contributed by atoms with E-state index in [1.807, 2.05) is 19.1 Å². The lowest BCUT2D eigenvalue weighted by molar-refractivity contribution is -0.0136. The highest BCUT2D eigenvalue weighted by atomic mass is 16.5. The number of ether oxygens (including phenoxy) is 2. The number of tetrazole rings is 1. The van der Waals surface area contributed by atoms with Crippen LogP contribution in [0, 0.1) is 6.92 Å². The molecule has 0 bridgehead atoms. The van der Waals surface area contributed by atoms with E-state index in [4.69, 9.17) is 9.47 Å². The third-order valence-electron chi connectivity index (χ3n) is 4.25. The van der Waals surface area contributed by atoms with Crippen LogP contribution in [-0.4, -0.2) is 56.3 Å². The molecule has 4 rings (SSSR count). The standard InChI is InChI=1S/C17H18N6O3/c1-11-2-3-13(9-18-11)26-15-10-25-7-5-14(15)19-17(24)12-4-6-23-16(8-12)20-21-22-23/h2-4,6,8-9,14-15H,5,7,10H2,1H3,(H,19,24)/t14-,15+/m0/s1. The summed E-state index contributed by atoms with van der Waals surface area (Å²) in [7, 11) is 0. The molecule has 3 aromatic heterocycles. The first-order valence-corrected chi connectivity index (χ1v) is 8.35. The number of rotatable bonds is 4. The molecule has 2 atom stereocenters. The van der Waals surface area contributed by atoms with Crippen molar-refractivity contribution in [3.8, 4) is 5.75 Å². The van der Waals surface area contributed by atoms with Gasteiger partial charge in [0.2, 0.25) is 0 Å². The van der Waals surface area contributed by atoms with Crippen LogP contribution in [0.3, 0.4) is 0 Å². The molecular weight excluding hydrogens is 336 g/mol. The molecule has 1 N–H and O–H groups in total. The number of amides is 1. The SMILES string of the molecule is Cc1ccc(O[C@@H]2COCC[C@@H]2NC(=O)c2ccn3nnnc3c2)cn1. The van der Waals surface area contributed by atoms with Gasteiger partial charge in [0.1, 0.15) is 11.9 Å². The Bertz CT molecular complexity index is 910. The minimum atomic E-state index is -0.282. The number of aromatic nitrogens is 5. The third kappa shape index (κ3) is 3.47. The summed E-state index contributed by atoms with van der Waals surface area (Å²) in [4.78, 5) is 16.9. The fourth-order valence-corrected chi connectivity index (χ4v) is 2.82. The van der Waals surface area contributed by atoms with E-state index >= 15 is 0 Å². The first kappa shape index (κ1) is 16.4. The van der Waals surface area contributed by atoms with E-state index in [2.05, 4.69) is 25.8 Å². The first-order chi connectivity index (χ1) is 12.7. The number of carbonyl (C=O) groups excluding carboxylic acids is 1. The monoisotopic (exact) mass is 354 g/mol. The van der Waals surface area contributed by atoms with Gasteiger partial charge >= 0.3 is 0 Å². The number of nitrogens with zero attached hydrogens (tertiary/aromatic N) is 5. The van der Waals surface area contributed by atoms with Crippen molar-refractivity contribution in [3.63, 3.8) is 0 Å². The predicted octanol–water partition coefficient (Wildman–Crippen LogP) is 0.794. The highest BCUT2D eigenvalue weighted by molar-refractivity contribution is 5.95. The van der Waals surface area contributed by atoms with E-state index in [1.54, 1.807) is 24.5 Å². The van der Waals surface area contributed by atoms with Crippen molar-refractivity contribution in [1.29, 1.82) is 0 Å². The van der Waals surface area contributed by atoms with E-state index in [0.717, 1.165) is 5.69 Å². The molecule has 0 radical (unpaired) electrons. The van der Waals surface area contributed by atoms with Gasteiger partial charge in [0.25, 0.3) is 5.91 Å². The molecule has 3 aromatic rings. The van der Waals surface area contributed by atoms with Crippen LogP contribution in [0.4, 0.5) is 0 Å². The molecule has 9 heteroatoms. The van der Waals surface area contributed by atoms with Crippen LogP contribution in [-0.2, 0) is 4.74 Å². The average molecular weight is 354 g/mol. The van der Waals surface area contributed by atoms with Crippen molar-refractivity contribution >= 4 is 11.6 Å². The van der Waals surface area contributed by atoms with E-state index in [1.165, 1.54) is 4.52 Å². The maximum Gasteiger partial charge on any atom is 0.251 e. The summed E-state index contributed by atoms with van der Waals surface area (Å²) in [6.07, 6.45) is 3.72. The Labute approximate surface area is 149 Å². The smallest absolute Gasteiger partial charge is 0.251 e. The van der Waals surface area contributed by atoms with Crippen molar-refractivity contribution in [2.45, 2.75) is 25.5 Å². The maximum absolute atomic E-state index is 12.6. The molecule has 1 aliphatic rings. The number of carbonyl (C=O) groups is 1. The molecule has 0 spiro atoms. The lowest BCUT2D eigenvalue weighted by Crippen LogP contribution is -2.51. The lowest BCUT2D eigenvalue weighted by Gasteiger charge is -2.32. The quantitative estimate of drug-likeness (QED) is 0.739. The summed E-state index contributed by atoms with van der Waals surface area (Å²) >= 11 is 0. The second kappa shape index (κ2) is 7.04. The zero-order chi connectivity index (χ0) is 17.9. The molecule has 9 nitrogen and oxygen atoms in total. The number of fused-ring (bicyclic) bond motifs is 1. The summed E-state index contributed by atoms with van der Waals surface area (Å²) in [5, 5.41) is 14.2. The van der Waals surface area contributed by atoms with E-state index in [0.29, 0.717) is 36.6 Å². The summed E-state index contributed by atoms with van der Waals surface area (Å²) in [6.45, 7) is 2.90. The summed E-state index contributed by atoms with van der Waals surface area (Å²) < 4.78 is 13.0. The van der Waals surface area contributed by atoms with E-state index < -0.39 is 0 Å². The number of nitrogens with one attached hydrogen (secondary N) is 1. The average Bonchev–Trinajstić information content (AvgIpc) is 3.13. The Hall–Kier alpha value is -3.07. The van der Waals surface area contributed by atoms with Crippen LogP contribution in [0.25, 0.3) is 5.65 Å². The molecule has 0 aromatic carbocycles. The van der Waals surface area contributed by atoms with Gasteiger partial charge in [0, 0.05) is 24.1 Å². The van der Waals surface area contributed by atoms with Gasteiger partial charge in [-0.3, -0.25) is 9.78 Å². The Balaban J connectivity index is 1.47. The Morgan fingerprint density at radius 1 is 1.38 bits per heavy atom. The van der Waals surface area contributed by atoms with Crippen molar-refractivity contribution in [1.82, 2.24) is 30.3 Å². The molecule has 0 aliphatic carbocycles. The number of pyridine rings is 2. The molecule has 0 unspecified atom stereocenters. The van der Waals surface area contributed by atoms with Crippen LogP contribution >= 0.6 is 0 Å². The van der Waals surface area contributed by atoms with Crippen LogP contribution in [0.5, 0.6) is 5.75 Å². The van der Waals surface area contributed by atoms with Crippen LogP contribution in [0.2, 0.25) is 0 Å². The second-order valence-electron chi connectivity index (χ2n) is 6.13. The van der Waals surface area contributed by atoms with Crippen LogP contribution in [0.1, 0.15) is 22.5 Å². The van der Waals surface area contributed by atoms with Gasteiger partial charge in [-0.1, -0.05) is 0 Å². The molecule has 1 fully saturated rings. The van der Waals surface area contributed by atoms with Gasteiger partial charge in [-0.2, -0.15) is 0 Å². The van der Waals surface area contributed by atoms with Crippen LogP contribution in [0.15, 0.2) is 36.7 Å². The van der Waals surface area contributed by atoms with Gasteiger partial charge in [-0.05, 0) is 48.0 Å². The first-order valence-electron chi connectivity index (χ1n) is 8.35. The van der Waals surface area contributed by atoms with Crippen molar-refractivity contribution in [2.75, 3.05) is 13.2 Å². The minimum Gasteiger partial charge on any atom is -0.484 e. The predicted molar refractivity (Wildman–Crippen MR) is 90.9 cm³/mol. The molecule has 134 valence electrons. The Kier molecular flexibility index (Phi) is 4.44. The summed E-state index contributed by atoms with van der Waals surface area (Å²) in [5.41, 5.74) is 1.93. The fourth-order valence-electron chi connectivity index (χ4n) is 2.82. The summed E-state index contributed by atoms with van der Waals surface area (Å²) in [6, 6.07) is 6.91. The van der Waals surface area contributed by atoms with Gasteiger partial charge in [0.15, 0.2) is 5.65 Å². The molecular formula is C17H18N6O3. The number of hydrogen-bond donors (Lipinski definition) is 1. The lowest BCUT2D eigenvalue weighted by atomic mass is 10.1. The molecule has 4 heterocycles. The highest BCUT2D eigenvalue weighted by Crippen LogP contribution is 2.18. The molecule has 1 saturated heterocycles. The van der Waals surface area contributed by atoms with Gasteiger partial charge < -0.3 is 14.8 Å². The van der Waals surface area contributed by atoms with E-state index in [9.17, 15) is 4.79 Å². The zero-order valence-corrected chi connectivity index (χ0v) is 14.2. The second-order valence-corrected chi connectivity index (χ2v) is 6.13. The molecule has 26 heavy (non-hydrogen) atoms. The van der Waals surface area contributed by atoms with Gasteiger partial charge in [-0.25, -0.2) is 4.52 Å². The van der Waals surface area contributed by atoms with Gasteiger partial charge in [-0.15, -0.1) is 5.10 Å². The van der Waals surface area contributed by atoms with Crippen molar-refractivity contribution in [3.05, 3.63) is 47.9 Å². The van der Waals surface area contributed by atoms with Crippen molar-refractivity contribution in [2.24, 2.45) is 0 Å². The van der Waals surface area contributed by atoms with Crippen LogP contribution < -0.4 is 10.1 Å². The highest BCUT2D eigenvalue weighted by Gasteiger charge is 2.29. The maximum atomic E-state index is 12.6. The molecule has 1 amide bonds. The Morgan fingerprint density at radius 3 is 3.15 bits per heavy atom. The normalized spacial score (nSPS) is 20.0. The fraction of sp³-hybridized carbons (Fsp3) is 0.353. The zero-order valence-electron chi connectivity index (χ0n) is 14.2. The third-order valence-corrected chi connectivity index (χ3v) is 4.25. The Morgan fingerprint density at radius 2 is 2.31 bits per heavy atom. The molecule has 0 saturated carbocycles. The largest absolute Gasteiger partial charge is 0.484 e.